The first-order chi connectivity index (χ1) is 8.83. The first-order valence-corrected chi connectivity index (χ1v) is 6.44. The van der Waals surface area contributed by atoms with Crippen molar-refractivity contribution in [3.05, 3.63) is 18.2 Å². The van der Waals surface area contributed by atoms with E-state index in [1.165, 1.54) is 19.3 Å². The third kappa shape index (κ3) is 1.43. The monoisotopic (exact) mass is 242 g/mol. The van der Waals surface area contributed by atoms with Crippen LogP contribution in [0.25, 0.3) is 11.0 Å². The maximum Gasteiger partial charge on any atom is 0.228 e. The molecule has 2 aliphatic rings. The van der Waals surface area contributed by atoms with Crippen molar-refractivity contribution in [2.75, 3.05) is 5.32 Å². The van der Waals surface area contributed by atoms with Gasteiger partial charge in [-0.25, -0.2) is 0 Å². The first-order valence-electron chi connectivity index (χ1n) is 6.44. The molecule has 1 aromatic heterocycles. The third-order valence-corrected chi connectivity index (χ3v) is 4.29. The van der Waals surface area contributed by atoms with Crippen LogP contribution in [0.2, 0.25) is 0 Å². The van der Waals surface area contributed by atoms with Crippen LogP contribution in [-0.2, 0) is 4.79 Å². The summed E-state index contributed by atoms with van der Waals surface area (Å²) in [5.41, 5.74) is 2.41. The number of aromatic amines is 1. The van der Waals surface area contributed by atoms with E-state index in [1.807, 2.05) is 18.2 Å². The normalized spacial score (nSPS) is 29.2. The van der Waals surface area contributed by atoms with Crippen LogP contribution >= 0.6 is 0 Å². The zero-order chi connectivity index (χ0) is 12.1. The van der Waals surface area contributed by atoms with Crippen LogP contribution in [0.15, 0.2) is 18.2 Å². The number of aromatic nitrogens is 3. The second-order valence-corrected chi connectivity index (χ2v) is 5.30. The zero-order valence-electron chi connectivity index (χ0n) is 9.89. The number of nitrogens with zero attached hydrogens (tertiary/aromatic N) is 2. The van der Waals surface area contributed by atoms with E-state index >= 15 is 0 Å². The molecule has 1 aromatic carbocycles. The molecule has 5 nitrogen and oxygen atoms in total. The van der Waals surface area contributed by atoms with Crippen molar-refractivity contribution in [3.8, 4) is 0 Å². The Hall–Kier alpha value is -1.91. The lowest BCUT2D eigenvalue weighted by Crippen LogP contribution is -2.16. The molecule has 18 heavy (non-hydrogen) atoms. The number of hydrogen-bond acceptors (Lipinski definition) is 3. The Morgan fingerprint density at radius 1 is 1.22 bits per heavy atom. The molecule has 0 bridgehead atoms. The van der Waals surface area contributed by atoms with Crippen LogP contribution in [-0.4, -0.2) is 21.3 Å². The Bertz CT molecular complexity index is 610. The van der Waals surface area contributed by atoms with E-state index in [2.05, 4.69) is 20.7 Å². The summed E-state index contributed by atoms with van der Waals surface area (Å²) in [6, 6.07) is 5.60. The smallest absolute Gasteiger partial charge is 0.228 e. The second-order valence-electron chi connectivity index (χ2n) is 5.30. The number of rotatable bonds is 2. The molecule has 2 saturated carbocycles. The summed E-state index contributed by atoms with van der Waals surface area (Å²) >= 11 is 0. The van der Waals surface area contributed by atoms with E-state index in [9.17, 15) is 4.79 Å². The van der Waals surface area contributed by atoms with Gasteiger partial charge in [0.05, 0.1) is 0 Å². The first kappa shape index (κ1) is 10.1. The summed E-state index contributed by atoms with van der Waals surface area (Å²) in [6.07, 6.45) is 3.75. The van der Waals surface area contributed by atoms with Crippen LogP contribution in [0.5, 0.6) is 0 Å². The lowest BCUT2D eigenvalue weighted by atomic mass is 10.1. The van der Waals surface area contributed by atoms with Crippen molar-refractivity contribution < 1.29 is 4.79 Å². The van der Waals surface area contributed by atoms with Crippen LogP contribution < -0.4 is 5.32 Å². The van der Waals surface area contributed by atoms with E-state index in [4.69, 9.17) is 0 Å². The molecule has 92 valence electrons. The van der Waals surface area contributed by atoms with Crippen molar-refractivity contribution in [1.82, 2.24) is 15.4 Å². The van der Waals surface area contributed by atoms with Crippen LogP contribution in [0, 0.1) is 17.8 Å². The molecule has 2 aliphatic carbocycles. The van der Waals surface area contributed by atoms with Crippen LogP contribution in [0.3, 0.4) is 0 Å². The highest BCUT2D eigenvalue weighted by atomic mass is 16.2. The fraction of sp³-hybridized carbons (Fsp3) is 0.462. The fourth-order valence-corrected chi connectivity index (χ4v) is 3.35. The second kappa shape index (κ2) is 3.54. The molecule has 2 N–H and O–H groups in total. The number of amides is 1. The van der Waals surface area contributed by atoms with Gasteiger partial charge >= 0.3 is 0 Å². The van der Waals surface area contributed by atoms with Gasteiger partial charge in [0, 0.05) is 11.6 Å². The highest BCUT2D eigenvalue weighted by molar-refractivity contribution is 5.96. The van der Waals surface area contributed by atoms with Gasteiger partial charge in [0.25, 0.3) is 0 Å². The number of nitrogens with one attached hydrogen (secondary N) is 2. The number of carbonyl (C=O) groups excluding carboxylic acids is 1. The van der Waals surface area contributed by atoms with Gasteiger partial charge in [0.15, 0.2) is 0 Å². The minimum atomic E-state index is 0.174. The molecule has 0 radical (unpaired) electrons. The Labute approximate surface area is 104 Å². The van der Waals surface area contributed by atoms with Gasteiger partial charge in [-0.15, -0.1) is 0 Å². The van der Waals surface area contributed by atoms with E-state index < -0.39 is 0 Å². The summed E-state index contributed by atoms with van der Waals surface area (Å²) in [4.78, 5) is 12.1. The number of benzene rings is 1. The minimum absolute atomic E-state index is 0.174. The molecule has 2 fully saturated rings. The number of carbonyl (C=O) groups is 1. The maximum absolute atomic E-state index is 12.1. The molecule has 1 amide bonds. The molecule has 1 heterocycles. The zero-order valence-corrected chi connectivity index (χ0v) is 9.89. The molecule has 5 heteroatoms. The minimum Gasteiger partial charge on any atom is -0.326 e. The van der Waals surface area contributed by atoms with Gasteiger partial charge in [-0.05, 0) is 42.9 Å². The number of anilines is 1. The largest absolute Gasteiger partial charge is 0.326 e. The van der Waals surface area contributed by atoms with Gasteiger partial charge in [-0.3, -0.25) is 4.79 Å². The third-order valence-electron chi connectivity index (χ3n) is 4.29. The lowest BCUT2D eigenvalue weighted by Gasteiger charge is -2.06. The summed E-state index contributed by atoms with van der Waals surface area (Å²) in [6.45, 7) is 0. The number of fused-ring (bicyclic) bond motifs is 2. The van der Waals surface area contributed by atoms with Crippen molar-refractivity contribution >= 4 is 22.6 Å². The maximum atomic E-state index is 12.1. The summed E-state index contributed by atoms with van der Waals surface area (Å²) in [5.74, 6) is 1.74. The van der Waals surface area contributed by atoms with Crippen molar-refractivity contribution in [2.24, 2.45) is 17.8 Å². The van der Waals surface area contributed by atoms with E-state index in [0.29, 0.717) is 11.8 Å². The van der Waals surface area contributed by atoms with Crippen molar-refractivity contribution in [3.63, 3.8) is 0 Å². The molecule has 0 aliphatic heterocycles. The van der Waals surface area contributed by atoms with E-state index in [1.54, 1.807) is 0 Å². The molecule has 2 unspecified atom stereocenters. The molecular weight excluding hydrogens is 228 g/mol. The summed E-state index contributed by atoms with van der Waals surface area (Å²) < 4.78 is 0. The number of H-pyrrole nitrogens is 1. The van der Waals surface area contributed by atoms with Crippen molar-refractivity contribution in [1.29, 1.82) is 0 Å². The Morgan fingerprint density at radius 3 is 2.83 bits per heavy atom. The Morgan fingerprint density at radius 2 is 2.00 bits per heavy atom. The molecule has 0 saturated heterocycles. The Balaban J connectivity index is 1.52. The molecular formula is C13H14N4O. The fourth-order valence-electron chi connectivity index (χ4n) is 3.35. The predicted octanol–water partition coefficient (Wildman–Crippen LogP) is 1.94. The highest BCUT2D eigenvalue weighted by Gasteiger charge is 2.56. The summed E-state index contributed by atoms with van der Waals surface area (Å²) in [5, 5.41) is 13.6. The molecule has 2 atom stereocenters. The molecule has 4 rings (SSSR count). The summed E-state index contributed by atoms with van der Waals surface area (Å²) in [7, 11) is 0. The SMILES string of the molecule is O=C(Nc1ccc2n[nH]nc2c1)C1C2CCCC21. The van der Waals surface area contributed by atoms with E-state index in [-0.39, 0.29) is 11.8 Å². The average Bonchev–Trinajstić information content (AvgIpc) is 2.78. The van der Waals surface area contributed by atoms with E-state index in [0.717, 1.165) is 16.7 Å². The topological polar surface area (TPSA) is 70.7 Å². The quantitative estimate of drug-likeness (QED) is 0.845. The van der Waals surface area contributed by atoms with Crippen LogP contribution in [0.1, 0.15) is 19.3 Å². The van der Waals surface area contributed by atoms with Gasteiger partial charge in [0.2, 0.25) is 5.91 Å². The predicted molar refractivity (Wildman–Crippen MR) is 66.8 cm³/mol. The average molecular weight is 242 g/mol. The van der Waals surface area contributed by atoms with Gasteiger partial charge in [-0.2, -0.15) is 15.4 Å². The molecule has 2 aromatic rings. The molecule has 0 spiro atoms. The van der Waals surface area contributed by atoms with Gasteiger partial charge in [-0.1, -0.05) is 6.42 Å². The van der Waals surface area contributed by atoms with Crippen LogP contribution in [0.4, 0.5) is 5.69 Å². The highest BCUT2D eigenvalue weighted by Crippen LogP contribution is 2.57. The number of hydrogen-bond donors (Lipinski definition) is 2. The standard InChI is InChI=1S/C13H14N4O/c18-13(12-8-2-1-3-9(8)12)14-7-4-5-10-11(6-7)16-17-15-10/h4-6,8-9,12H,1-3H2,(H,14,18)(H,15,16,17). The Kier molecular flexibility index (Phi) is 1.98. The van der Waals surface area contributed by atoms with Crippen molar-refractivity contribution in [2.45, 2.75) is 19.3 Å². The lowest BCUT2D eigenvalue weighted by molar-refractivity contribution is -0.118. The van der Waals surface area contributed by atoms with Gasteiger partial charge < -0.3 is 5.32 Å². The van der Waals surface area contributed by atoms with Gasteiger partial charge in [0.1, 0.15) is 11.0 Å².